The van der Waals surface area contributed by atoms with Crippen molar-refractivity contribution in [1.29, 1.82) is 0 Å². The fourth-order valence-corrected chi connectivity index (χ4v) is 7.24. The van der Waals surface area contributed by atoms with E-state index < -0.39 is 0 Å². The number of hydrogen-bond donors (Lipinski definition) is 1. The largest absolute Gasteiger partial charge is 0.486 e. The van der Waals surface area contributed by atoms with E-state index in [1.165, 1.54) is 11.8 Å². The molecule has 3 saturated heterocycles. The summed E-state index contributed by atoms with van der Waals surface area (Å²) in [6.45, 7) is 8.81. The first kappa shape index (κ1) is 25.2. The Labute approximate surface area is 222 Å². The lowest BCUT2D eigenvalue weighted by molar-refractivity contribution is 0.0259. The number of hydrogen-bond acceptors (Lipinski definition) is 10. The van der Waals surface area contributed by atoms with Gasteiger partial charge in [-0.15, -0.1) is 0 Å². The molecule has 0 amide bonds. The van der Waals surface area contributed by atoms with Crippen LogP contribution in [0.2, 0.25) is 0 Å². The van der Waals surface area contributed by atoms with Crippen molar-refractivity contribution < 1.29 is 19.3 Å². The average molecular weight is 528 g/mol. The molecule has 1 N–H and O–H groups in total. The number of piperidine rings is 1. The van der Waals surface area contributed by atoms with Gasteiger partial charge in [-0.2, -0.15) is 0 Å². The van der Waals surface area contributed by atoms with E-state index in [9.17, 15) is 5.11 Å². The smallest absolute Gasteiger partial charge is 0.175 e. The summed E-state index contributed by atoms with van der Waals surface area (Å²) in [5, 5.41) is 11.0. The maximum Gasteiger partial charge on any atom is 0.175 e. The molecule has 3 fully saturated rings. The van der Waals surface area contributed by atoms with Crippen LogP contribution in [0, 0.1) is 12.3 Å². The van der Waals surface area contributed by atoms with Crippen molar-refractivity contribution in [2.75, 3.05) is 56.4 Å². The van der Waals surface area contributed by atoms with E-state index in [1.54, 1.807) is 0 Å². The zero-order chi connectivity index (χ0) is 25.6. The lowest BCUT2D eigenvalue weighted by Crippen LogP contribution is -2.57. The second-order valence-corrected chi connectivity index (χ2v) is 12.1. The zero-order valence-corrected chi connectivity index (χ0v) is 22.9. The van der Waals surface area contributed by atoms with Gasteiger partial charge < -0.3 is 29.1 Å². The molecule has 4 aliphatic heterocycles. The lowest BCUT2D eigenvalue weighted by Gasteiger charge is -2.48. The van der Waals surface area contributed by atoms with Crippen molar-refractivity contribution in [3.05, 3.63) is 23.7 Å². The highest BCUT2D eigenvalue weighted by Gasteiger charge is 2.44. The number of rotatable bonds is 4. The van der Waals surface area contributed by atoms with Crippen LogP contribution < -0.4 is 14.5 Å². The summed E-state index contributed by atoms with van der Waals surface area (Å²) in [4.78, 5) is 20.0. The summed E-state index contributed by atoms with van der Waals surface area (Å²) in [6.07, 6.45) is 7.34. The number of pyridine rings is 1. The molecule has 0 radical (unpaired) electrons. The van der Waals surface area contributed by atoms with Crippen LogP contribution in [0.3, 0.4) is 0 Å². The van der Waals surface area contributed by atoms with Gasteiger partial charge in [0.25, 0.3) is 0 Å². The quantitative estimate of drug-likeness (QED) is 0.636. The van der Waals surface area contributed by atoms with Crippen molar-refractivity contribution in [3.8, 4) is 5.75 Å². The molecular weight excluding hydrogens is 490 g/mol. The van der Waals surface area contributed by atoms with E-state index in [1.807, 2.05) is 19.2 Å². The van der Waals surface area contributed by atoms with Gasteiger partial charge in [0, 0.05) is 39.5 Å². The SMILES string of the molecule is Cc1nc(N2CCC3(CC2)CO[C@@H](C)C3)c(CO)nc1Sc1ccnc2c1OCC1(CCOCC1)N2C. The lowest BCUT2D eigenvalue weighted by atomic mass is 9.77. The third-order valence-electron chi connectivity index (χ3n) is 8.74. The van der Waals surface area contributed by atoms with Gasteiger partial charge >= 0.3 is 0 Å². The van der Waals surface area contributed by atoms with Crippen molar-refractivity contribution in [3.63, 3.8) is 0 Å². The van der Waals surface area contributed by atoms with Crippen LogP contribution in [-0.4, -0.2) is 78.3 Å². The van der Waals surface area contributed by atoms with Crippen LogP contribution in [0.15, 0.2) is 22.2 Å². The average Bonchev–Trinajstić information content (AvgIpc) is 3.28. The predicted molar refractivity (Wildman–Crippen MR) is 142 cm³/mol. The maximum atomic E-state index is 10.2. The summed E-state index contributed by atoms with van der Waals surface area (Å²) in [7, 11) is 2.11. The standard InChI is InChI=1S/C27H37N5O4S/c1-18-14-26(16-35-18)5-10-32(11-6-26)23-20(15-33)30-25(19(2)29-23)37-21-4-9-28-24-22(21)36-17-27(31(24)3)7-12-34-13-8-27/h4,9,18,33H,5-8,10-17H2,1-3H3/t18-/m0/s1. The van der Waals surface area contributed by atoms with Crippen molar-refractivity contribution in [1.82, 2.24) is 15.0 Å². The minimum absolute atomic E-state index is 0.0708. The maximum absolute atomic E-state index is 10.2. The number of aryl methyl sites for hydroxylation is 1. The molecule has 4 aliphatic rings. The minimum Gasteiger partial charge on any atom is -0.486 e. The summed E-state index contributed by atoms with van der Waals surface area (Å²) in [6, 6.07) is 1.97. The monoisotopic (exact) mass is 527 g/mol. The molecule has 0 saturated carbocycles. The van der Waals surface area contributed by atoms with Gasteiger partial charge in [-0.1, -0.05) is 11.8 Å². The highest BCUT2D eigenvalue weighted by Crippen LogP contribution is 2.47. The second kappa shape index (κ2) is 9.87. The summed E-state index contributed by atoms with van der Waals surface area (Å²) >= 11 is 1.53. The number of anilines is 2. The van der Waals surface area contributed by atoms with E-state index in [2.05, 4.69) is 28.8 Å². The Balaban J connectivity index is 1.23. The van der Waals surface area contributed by atoms with Crippen molar-refractivity contribution >= 4 is 23.4 Å². The van der Waals surface area contributed by atoms with Gasteiger partial charge in [-0.3, -0.25) is 0 Å². The van der Waals surface area contributed by atoms with E-state index >= 15 is 0 Å². The number of aromatic nitrogens is 3. The van der Waals surface area contributed by atoms with Crippen LogP contribution in [0.25, 0.3) is 0 Å². The Bertz CT molecular complexity index is 1150. The number of aliphatic hydroxyl groups excluding tert-OH is 1. The van der Waals surface area contributed by atoms with Crippen LogP contribution >= 0.6 is 11.8 Å². The molecule has 2 spiro atoms. The summed E-state index contributed by atoms with van der Waals surface area (Å²) in [5.74, 6) is 2.45. The van der Waals surface area contributed by atoms with Crippen LogP contribution in [0.1, 0.15) is 50.4 Å². The Kier molecular flexibility index (Phi) is 6.71. The van der Waals surface area contributed by atoms with Gasteiger partial charge in [-0.05, 0) is 57.4 Å². The van der Waals surface area contributed by atoms with Crippen molar-refractivity contribution in [2.24, 2.45) is 5.41 Å². The number of likely N-dealkylation sites (N-methyl/N-ethyl adjacent to an activating group) is 1. The molecule has 0 aliphatic carbocycles. The molecule has 0 aromatic carbocycles. The normalized spacial score (nSPS) is 24.4. The third kappa shape index (κ3) is 4.56. The van der Waals surface area contributed by atoms with Crippen LogP contribution in [0.5, 0.6) is 5.75 Å². The van der Waals surface area contributed by atoms with E-state index in [4.69, 9.17) is 24.2 Å². The highest BCUT2D eigenvalue weighted by atomic mass is 32.2. The van der Waals surface area contributed by atoms with Gasteiger partial charge in [0.05, 0.1) is 35.4 Å². The molecule has 0 bridgehead atoms. The van der Waals surface area contributed by atoms with Gasteiger partial charge in [0.15, 0.2) is 17.4 Å². The number of fused-ring (bicyclic) bond motifs is 1. The van der Waals surface area contributed by atoms with E-state index in [0.29, 0.717) is 23.8 Å². The molecule has 2 aromatic rings. The molecule has 200 valence electrons. The molecule has 9 nitrogen and oxygen atoms in total. The molecule has 6 rings (SSSR count). The Morgan fingerprint density at radius 3 is 2.59 bits per heavy atom. The molecule has 2 aromatic heterocycles. The first-order chi connectivity index (χ1) is 17.9. The first-order valence-electron chi connectivity index (χ1n) is 13.4. The topological polar surface area (TPSA) is 93.1 Å². The molecular formula is C27H37N5O4S. The molecule has 10 heteroatoms. The highest BCUT2D eigenvalue weighted by molar-refractivity contribution is 7.99. The summed E-state index contributed by atoms with van der Waals surface area (Å²) in [5.41, 5.74) is 1.71. The van der Waals surface area contributed by atoms with Crippen LogP contribution in [-0.2, 0) is 16.1 Å². The third-order valence-corrected chi connectivity index (χ3v) is 9.86. The molecule has 0 unspecified atom stereocenters. The number of ether oxygens (including phenoxy) is 3. The number of nitrogens with zero attached hydrogens (tertiary/aromatic N) is 5. The Hall–Kier alpha value is -2.14. The van der Waals surface area contributed by atoms with Crippen LogP contribution in [0.4, 0.5) is 11.6 Å². The van der Waals surface area contributed by atoms with Crippen molar-refractivity contribution in [2.45, 2.75) is 74.1 Å². The van der Waals surface area contributed by atoms with Gasteiger partial charge in [-0.25, -0.2) is 15.0 Å². The zero-order valence-electron chi connectivity index (χ0n) is 22.0. The minimum atomic E-state index is -0.143. The number of aliphatic hydroxyl groups is 1. The molecule has 37 heavy (non-hydrogen) atoms. The Morgan fingerprint density at radius 1 is 1.11 bits per heavy atom. The summed E-state index contributed by atoms with van der Waals surface area (Å²) < 4.78 is 17.9. The molecule has 6 heterocycles. The van der Waals surface area contributed by atoms with E-state index in [-0.39, 0.29) is 12.1 Å². The van der Waals surface area contributed by atoms with E-state index in [0.717, 1.165) is 98.0 Å². The molecule has 1 atom stereocenters. The second-order valence-electron chi connectivity index (χ2n) is 11.1. The van der Waals surface area contributed by atoms with Gasteiger partial charge in [0.1, 0.15) is 17.3 Å². The fourth-order valence-electron chi connectivity index (χ4n) is 6.31. The fraction of sp³-hybridized carbons (Fsp3) is 0.667. The Morgan fingerprint density at radius 2 is 1.89 bits per heavy atom. The first-order valence-corrected chi connectivity index (χ1v) is 14.2. The van der Waals surface area contributed by atoms with Gasteiger partial charge in [0.2, 0.25) is 0 Å². The predicted octanol–water partition coefficient (Wildman–Crippen LogP) is 3.60.